The molecule has 0 heterocycles. The minimum Gasteiger partial charge on any atom is -0.337 e. The number of halogens is 1. The maximum absolute atomic E-state index is 11.7. The highest BCUT2D eigenvalue weighted by Gasteiger charge is 2.01. The van der Waals surface area contributed by atoms with E-state index in [0.29, 0.717) is 17.3 Å². The van der Waals surface area contributed by atoms with Crippen molar-refractivity contribution in [2.45, 2.75) is 12.7 Å². The number of benzene rings is 2. The normalized spacial score (nSPS) is 10.3. The quantitative estimate of drug-likeness (QED) is 0.751. The maximum atomic E-state index is 11.7. The molecule has 0 aromatic heterocycles. The van der Waals surface area contributed by atoms with Gasteiger partial charge in [-0.2, -0.15) is 11.8 Å². The molecule has 116 valence electrons. The van der Waals surface area contributed by atoms with Crippen LogP contribution in [-0.4, -0.2) is 18.3 Å². The van der Waals surface area contributed by atoms with Crippen LogP contribution in [0.1, 0.15) is 11.1 Å². The van der Waals surface area contributed by atoms with Gasteiger partial charge in [0.2, 0.25) is 0 Å². The number of urea groups is 1. The summed E-state index contributed by atoms with van der Waals surface area (Å²) in [6, 6.07) is 15.4. The smallest absolute Gasteiger partial charge is 0.319 e. The Labute approximate surface area is 140 Å². The highest BCUT2D eigenvalue weighted by molar-refractivity contribution is 7.98. The number of carbonyl (C=O) groups is 1. The Morgan fingerprint density at radius 2 is 2.00 bits per heavy atom. The molecule has 2 aromatic rings. The van der Waals surface area contributed by atoms with Crippen molar-refractivity contribution in [2.24, 2.45) is 0 Å². The topological polar surface area (TPSA) is 41.1 Å². The van der Waals surface area contributed by atoms with Gasteiger partial charge in [0.25, 0.3) is 0 Å². The fourth-order valence-electron chi connectivity index (χ4n) is 1.97. The van der Waals surface area contributed by atoms with Crippen molar-refractivity contribution in [1.82, 2.24) is 5.32 Å². The van der Waals surface area contributed by atoms with Crippen molar-refractivity contribution in [3.63, 3.8) is 0 Å². The molecular formula is C17H19ClN2OS. The van der Waals surface area contributed by atoms with Crippen molar-refractivity contribution < 1.29 is 4.79 Å². The van der Waals surface area contributed by atoms with Crippen LogP contribution in [0.5, 0.6) is 0 Å². The van der Waals surface area contributed by atoms with Crippen LogP contribution in [0.3, 0.4) is 0 Å². The Balaban J connectivity index is 1.63. The van der Waals surface area contributed by atoms with E-state index in [4.69, 9.17) is 11.6 Å². The van der Waals surface area contributed by atoms with E-state index in [-0.39, 0.29) is 6.03 Å². The highest BCUT2D eigenvalue weighted by atomic mass is 35.5. The van der Waals surface area contributed by atoms with Gasteiger partial charge in [-0.25, -0.2) is 4.79 Å². The molecule has 3 nitrogen and oxygen atoms in total. The third-order valence-electron chi connectivity index (χ3n) is 2.97. The summed E-state index contributed by atoms with van der Waals surface area (Å²) in [4.78, 5) is 11.7. The second-order valence-corrected chi connectivity index (χ2v) is 6.47. The van der Waals surface area contributed by atoms with Crippen molar-refractivity contribution in [3.05, 3.63) is 64.7 Å². The number of carbonyl (C=O) groups excluding carboxylic acids is 1. The lowest BCUT2D eigenvalue weighted by Crippen LogP contribution is -2.30. The van der Waals surface area contributed by atoms with Gasteiger partial charge in [0.15, 0.2) is 0 Å². The number of hydrogen-bond donors (Lipinski definition) is 2. The first-order chi connectivity index (χ1) is 10.6. The first-order valence-corrected chi connectivity index (χ1v) is 8.60. The van der Waals surface area contributed by atoms with Crippen LogP contribution in [0.4, 0.5) is 10.5 Å². The van der Waals surface area contributed by atoms with Gasteiger partial charge < -0.3 is 10.6 Å². The summed E-state index contributed by atoms with van der Waals surface area (Å²) >= 11 is 7.67. The van der Waals surface area contributed by atoms with E-state index in [1.54, 1.807) is 36.0 Å². The molecule has 2 rings (SSSR count). The zero-order valence-electron chi connectivity index (χ0n) is 12.4. The molecule has 22 heavy (non-hydrogen) atoms. The van der Waals surface area contributed by atoms with Gasteiger partial charge in [-0.15, -0.1) is 0 Å². The Bertz CT molecular complexity index is 634. The van der Waals surface area contributed by atoms with Gasteiger partial charge >= 0.3 is 6.03 Å². The zero-order valence-corrected chi connectivity index (χ0v) is 14.0. The lowest BCUT2D eigenvalue weighted by molar-refractivity contribution is 0.252. The summed E-state index contributed by atoms with van der Waals surface area (Å²) in [5.74, 6) is 1.83. The van der Waals surface area contributed by atoms with Crippen molar-refractivity contribution in [1.29, 1.82) is 0 Å². The number of nitrogens with one attached hydrogen (secondary N) is 2. The van der Waals surface area contributed by atoms with Gasteiger partial charge in [0.05, 0.1) is 0 Å². The van der Waals surface area contributed by atoms with E-state index in [1.807, 2.05) is 0 Å². The molecule has 0 saturated heterocycles. The van der Waals surface area contributed by atoms with Crippen LogP contribution >= 0.6 is 23.4 Å². The van der Waals surface area contributed by atoms with Crippen molar-refractivity contribution in [2.75, 3.05) is 17.6 Å². The summed E-state index contributed by atoms with van der Waals surface area (Å²) in [6.07, 6.45) is 0. The number of hydrogen-bond acceptors (Lipinski definition) is 2. The Kier molecular flexibility index (Phi) is 6.62. The lowest BCUT2D eigenvalue weighted by atomic mass is 10.2. The fraction of sp³-hybridized carbons (Fsp3) is 0.235. The van der Waals surface area contributed by atoms with E-state index in [9.17, 15) is 4.79 Å². The summed E-state index contributed by atoms with van der Waals surface area (Å²) in [5.41, 5.74) is 3.28. The van der Waals surface area contributed by atoms with Gasteiger partial charge in [0, 0.05) is 28.8 Å². The molecular weight excluding hydrogens is 316 g/mol. The van der Waals surface area contributed by atoms with Crippen molar-refractivity contribution in [3.8, 4) is 0 Å². The number of rotatable bonds is 6. The molecule has 0 saturated carbocycles. The third kappa shape index (κ3) is 6.00. The van der Waals surface area contributed by atoms with E-state index in [2.05, 4.69) is 41.8 Å². The standard InChI is InChI=1S/C17H19ClN2OS/c1-13-4-2-5-14(10-13)12-22-9-8-19-17(21)20-16-7-3-6-15(18)11-16/h2-7,10-11H,8-9,12H2,1H3,(H2,19,20,21). The van der Waals surface area contributed by atoms with Crippen LogP contribution in [0, 0.1) is 6.92 Å². The maximum Gasteiger partial charge on any atom is 0.319 e. The summed E-state index contributed by atoms with van der Waals surface area (Å²) in [7, 11) is 0. The molecule has 0 unspecified atom stereocenters. The summed E-state index contributed by atoms with van der Waals surface area (Å²) < 4.78 is 0. The van der Waals surface area contributed by atoms with E-state index in [1.165, 1.54) is 11.1 Å². The summed E-state index contributed by atoms with van der Waals surface area (Å²) in [6.45, 7) is 2.72. The van der Waals surface area contributed by atoms with Crippen molar-refractivity contribution >= 4 is 35.1 Å². The molecule has 0 atom stereocenters. The Morgan fingerprint density at radius 1 is 1.18 bits per heavy atom. The van der Waals surface area contributed by atoms with Crippen LogP contribution in [0.2, 0.25) is 5.02 Å². The largest absolute Gasteiger partial charge is 0.337 e. The average molecular weight is 335 g/mol. The third-order valence-corrected chi connectivity index (χ3v) is 4.23. The minimum atomic E-state index is -0.210. The van der Waals surface area contributed by atoms with Gasteiger partial charge in [-0.1, -0.05) is 47.5 Å². The van der Waals surface area contributed by atoms with Gasteiger partial charge in [0.1, 0.15) is 0 Å². The second-order valence-electron chi connectivity index (χ2n) is 4.93. The molecule has 0 fully saturated rings. The van der Waals surface area contributed by atoms with Crippen LogP contribution < -0.4 is 10.6 Å². The first-order valence-electron chi connectivity index (χ1n) is 7.07. The predicted molar refractivity (Wildman–Crippen MR) is 95.8 cm³/mol. The molecule has 0 radical (unpaired) electrons. The molecule has 0 aliphatic heterocycles. The zero-order chi connectivity index (χ0) is 15.8. The van der Waals surface area contributed by atoms with E-state index in [0.717, 1.165) is 11.5 Å². The van der Waals surface area contributed by atoms with Gasteiger partial charge in [-0.3, -0.25) is 0 Å². The number of thioether (sulfide) groups is 1. The van der Waals surface area contributed by atoms with E-state index < -0.39 is 0 Å². The van der Waals surface area contributed by atoms with Crippen LogP contribution in [-0.2, 0) is 5.75 Å². The fourth-order valence-corrected chi connectivity index (χ4v) is 2.97. The molecule has 0 aliphatic carbocycles. The SMILES string of the molecule is Cc1cccc(CSCCNC(=O)Nc2cccc(Cl)c2)c1. The van der Waals surface area contributed by atoms with Crippen LogP contribution in [0.25, 0.3) is 0 Å². The minimum absolute atomic E-state index is 0.210. The molecule has 2 N–H and O–H groups in total. The lowest BCUT2D eigenvalue weighted by Gasteiger charge is -2.08. The molecule has 0 aliphatic rings. The second kappa shape index (κ2) is 8.71. The molecule has 5 heteroatoms. The highest BCUT2D eigenvalue weighted by Crippen LogP contribution is 2.15. The molecule has 0 bridgehead atoms. The first kappa shape index (κ1) is 16.7. The number of anilines is 1. The number of amides is 2. The Morgan fingerprint density at radius 3 is 2.77 bits per heavy atom. The molecule has 2 aromatic carbocycles. The van der Waals surface area contributed by atoms with Crippen LogP contribution in [0.15, 0.2) is 48.5 Å². The number of aryl methyl sites for hydroxylation is 1. The van der Waals surface area contributed by atoms with Gasteiger partial charge in [-0.05, 0) is 30.7 Å². The monoisotopic (exact) mass is 334 g/mol. The Hall–Kier alpha value is -1.65. The summed E-state index contributed by atoms with van der Waals surface area (Å²) in [5, 5.41) is 6.19. The predicted octanol–water partition coefficient (Wildman–Crippen LogP) is 4.70. The average Bonchev–Trinajstić information content (AvgIpc) is 2.47. The molecule has 2 amide bonds. The van der Waals surface area contributed by atoms with E-state index >= 15 is 0 Å². The molecule has 0 spiro atoms.